The topological polar surface area (TPSA) is 43.4 Å². The van der Waals surface area contributed by atoms with E-state index >= 15 is 0 Å². The number of unbranched alkanes of at least 4 members (excludes halogenated alkanes) is 7. The molecule has 0 fully saturated rings. The van der Waals surface area contributed by atoms with Crippen molar-refractivity contribution in [2.45, 2.75) is 51.4 Å². The average molecular weight is 248 g/mol. The molecule has 0 aromatic rings. The lowest BCUT2D eigenvalue weighted by molar-refractivity contribution is 0.309. The lowest BCUT2D eigenvalue weighted by Crippen LogP contribution is -2.03. The highest BCUT2D eigenvalue weighted by atomic mass is 32.2. The molecule has 0 aliphatic carbocycles. The molecule has 16 heavy (non-hydrogen) atoms. The summed E-state index contributed by atoms with van der Waals surface area (Å²) < 4.78 is 25.9. The molecule has 0 amide bonds. The molecular formula is C12H24O3S. The van der Waals surface area contributed by atoms with E-state index in [-0.39, 0.29) is 0 Å². The smallest absolute Gasteiger partial charge is 0.264 e. The van der Waals surface area contributed by atoms with Crippen molar-refractivity contribution in [1.29, 1.82) is 0 Å². The predicted octanol–water partition coefficient (Wildman–Crippen LogP) is 3.27. The average Bonchev–Trinajstić information content (AvgIpc) is 2.19. The molecule has 0 saturated heterocycles. The van der Waals surface area contributed by atoms with Crippen molar-refractivity contribution in [3.05, 3.63) is 12.7 Å². The fourth-order valence-corrected chi connectivity index (χ4v) is 1.91. The maximum Gasteiger partial charge on any atom is 0.264 e. The highest BCUT2D eigenvalue weighted by molar-refractivity contribution is 7.85. The van der Waals surface area contributed by atoms with Crippen molar-refractivity contribution in [2.24, 2.45) is 0 Å². The molecule has 0 heterocycles. The highest BCUT2D eigenvalue weighted by Crippen LogP contribution is 2.08. The predicted molar refractivity (Wildman–Crippen MR) is 67.9 cm³/mol. The summed E-state index contributed by atoms with van der Waals surface area (Å²) in [6.07, 6.45) is 12.2. The Bertz CT molecular complexity index is 257. The van der Waals surface area contributed by atoms with Gasteiger partial charge in [-0.1, -0.05) is 38.2 Å². The molecule has 3 nitrogen and oxygen atoms in total. The van der Waals surface area contributed by atoms with Crippen LogP contribution in [0.3, 0.4) is 0 Å². The van der Waals surface area contributed by atoms with Crippen molar-refractivity contribution in [2.75, 3.05) is 12.9 Å². The van der Waals surface area contributed by atoms with Crippen LogP contribution >= 0.6 is 0 Å². The summed E-state index contributed by atoms with van der Waals surface area (Å²) in [5, 5.41) is 0. The molecule has 0 saturated carbocycles. The van der Waals surface area contributed by atoms with Crippen LogP contribution in [-0.2, 0) is 14.3 Å². The minimum atomic E-state index is -3.24. The standard InChI is InChI=1S/C12H24O3S/c1-3-4-5-6-7-8-9-10-11-12-15-16(2,13)14/h3H,1,4-12H2,2H3. The molecule has 0 atom stereocenters. The lowest BCUT2D eigenvalue weighted by atomic mass is 10.1. The molecule has 0 rings (SSSR count). The summed E-state index contributed by atoms with van der Waals surface area (Å²) in [5.74, 6) is 0. The van der Waals surface area contributed by atoms with Crippen molar-refractivity contribution < 1.29 is 12.6 Å². The van der Waals surface area contributed by atoms with Gasteiger partial charge in [0.25, 0.3) is 10.1 Å². The van der Waals surface area contributed by atoms with Crippen LogP contribution in [0.5, 0.6) is 0 Å². The van der Waals surface area contributed by atoms with E-state index in [1.54, 1.807) is 0 Å². The number of allylic oxidation sites excluding steroid dienone is 1. The van der Waals surface area contributed by atoms with Crippen LogP contribution in [0.2, 0.25) is 0 Å². The molecule has 4 heteroatoms. The molecule has 0 N–H and O–H groups in total. The third kappa shape index (κ3) is 13.7. The molecule has 0 spiro atoms. The van der Waals surface area contributed by atoms with E-state index in [1.165, 1.54) is 32.1 Å². The molecule has 0 aromatic carbocycles. The van der Waals surface area contributed by atoms with Gasteiger partial charge in [-0.05, 0) is 19.3 Å². The zero-order chi connectivity index (χ0) is 12.3. The molecule has 0 aromatic heterocycles. The third-order valence-corrected chi connectivity index (χ3v) is 2.94. The molecule has 0 bridgehead atoms. The van der Waals surface area contributed by atoms with E-state index in [0.717, 1.165) is 25.5 Å². The lowest BCUT2D eigenvalue weighted by Gasteiger charge is -2.02. The van der Waals surface area contributed by atoms with Gasteiger partial charge in [-0.2, -0.15) is 8.42 Å². The van der Waals surface area contributed by atoms with Gasteiger partial charge in [0.2, 0.25) is 0 Å². The third-order valence-electron chi connectivity index (χ3n) is 2.35. The Balaban J connectivity index is 3.07. The largest absolute Gasteiger partial charge is 0.270 e. The van der Waals surface area contributed by atoms with Crippen LogP contribution in [-0.4, -0.2) is 21.3 Å². The number of hydrogen-bond donors (Lipinski definition) is 0. The van der Waals surface area contributed by atoms with Crippen molar-refractivity contribution >= 4 is 10.1 Å². The maximum absolute atomic E-state index is 10.6. The van der Waals surface area contributed by atoms with Gasteiger partial charge < -0.3 is 0 Å². The van der Waals surface area contributed by atoms with Gasteiger partial charge in [0, 0.05) is 0 Å². The second-order valence-corrected chi connectivity index (χ2v) is 5.72. The van der Waals surface area contributed by atoms with Crippen LogP contribution in [0.15, 0.2) is 12.7 Å². The summed E-state index contributed by atoms with van der Waals surface area (Å²) in [5.41, 5.74) is 0. The first-order valence-electron chi connectivity index (χ1n) is 6.01. The molecular weight excluding hydrogens is 224 g/mol. The minimum absolute atomic E-state index is 0.329. The second-order valence-electron chi connectivity index (χ2n) is 4.08. The Labute approximate surface area is 100 Å². The van der Waals surface area contributed by atoms with E-state index in [9.17, 15) is 8.42 Å². The minimum Gasteiger partial charge on any atom is -0.270 e. The van der Waals surface area contributed by atoms with Gasteiger partial charge in [-0.15, -0.1) is 6.58 Å². The number of rotatable bonds is 11. The Hall–Kier alpha value is -0.350. The quantitative estimate of drug-likeness (QED) is 0.320. The van der Waals surface area contributed by atoms with Gasteiger partial charge in [0.05, 0.1) is 12.9 Å². The zero-order valence-corrected chi connectivity index (χ0v) is 11.1. The Kier molecular flexibility index (Phi) is 9.63. The summed E-state index contributed by atoms with van der Waals surface area (Å²) in [6.45, 7) is 4.01. The Morgan fingerprint density at radius 2 is 1.50 bits per heavy atom. The molecule has 0 radical (unpaired) electrons. The summed E-state index contributed by atoms with van der Waals surface area (Å²) in [4.78, 5) is 0. The fourth-order valence-electron chi connectivity index (χ4n) is 1.48. The zero-order valence-electron chi connectivity index (χ0n) is 10.3. The van der Waals surface area contributed by atoms with E-state index in [1.807, 2.05) is 6.08 Å². The highest BCUT2D eigenvalue weighted by Gasteiger charge is 1.99. The molecule has 0 unspecified atom stereocenters. The fraction of sp³-hybridized carbons (Fsp3) is 0.833. The SMILES string of the molecule is C=CCCCCCCCCCOS(C)(=O)=O. The number of hydrogen-bond acceptors (Lipinski definition) is 3. The van der Waals surface area contributed by atoms with Crippen LogP contribution < -0.4 is 0 Å². The normalized spacial score (nSPS) is 11.6. The second kappa shape index (κ2) is 9.85. The van der Waals surface area contributed by atoms with E-state index in [2.05, 4.69) is 10.8 Å². The first-order valence-corrected chi connectivity index (χ1v) is 7.83. The summed E-state index contributed by atoms with van der Waals surface area (Å²) in [7, 11) is -3.24. The van der Waals surface area contributed by atoms with Gasteiger partial charge in [0.1, 0.15) is 0 Å². The van der Waals surface area contributed by atoms with Crippen molar-refractivity contribution in [3.63, 3.8) is 0 Å². The van der Waals surface area contributed by atoms with Crippen LogP contribution in [0.25, 0.3) is 0 Å². The summed E-state index contributed by atoms with van der Waals surface area (Å²) >= 11 is 0. The van der Waals surface area contributed by atoms with Crippen molar-refractivity contribution in [3.8, 4) is 0 Å². The van der Waals surface area contributed by atoms with Crippen LogP contribution in [0.1, 0.15) is 51.4 Å². The van der Waals surface area contributed by atoms with Gasteiger partial charge in [0.15, 0.2) is 0 Å². The van der Waals surface area contributed by atoms with Crippen LogP contribution in [0, 0.1) is 0 Å². The van der Waals surface area contributed by atoms with Gasteiger partial charge in [-0.3, -0.25) is 4.18 Å². The van der Waals surface area contributed by atoms with E-state index in [0.29, 0.717) is 6.61 Å². The molecule has 96 valence electrons. The Morgan fingerprint density at radius 3 is 2.00 bits per heavy atom. The first-order chi connectivity index (χ1) is 7.56. The van der Waals surface area contributed by atoms with Gasteiger partial charge in [-0.25, -0.2) is 0 Å². The van der Waals surface area contributed by atoms with E-state index in [4.69, 9.17) is 0 Å². The van der Waals surface area contributed by atoms with Crippen molar-refractivity contribution in [1.82, 2.24) is 0 Å². The Morgan fingerprint density at radius 1 is 1.00 bits per heavy atom. The van der Waals surface area contributed by atoms with Gasteiger partial charge >= 0.3 is 0 Å². The maximum atomic E-state index is 10.6. The first kappa shape index (κ1) is 15.7. The molecule has 0 aliphatic heterocycles. The van der Waals surface area contributed by atoms with Crippen LogP contribution in [0.4, 0.5) is 0 Å². The monoisotopic (exact) mass is 248 g/mol. The van der Waals surface area contributed by atoms with E-state index < -0.39 is 10.1 Å². The summed E-state index contributed by atoms with van der Waals surface area (Å²) in [6, 6.07) is 0. The molecule has 0 aliphatic rings.